The van der Waals surface area contributed by atoms with E-state index in [1.807, 2.05) is 30.3 Å². The largest absolute Gasteiger partial charge is 0.481 e. The minimum atomic E-state index is -0.947. The van der Waals surface area contributed by atoms with E-state index in [1.54, 1.807) is 20.8 Å². The number of carbonyl (C=O) groups excluding carboxylic acids is 2. The van der Waals surface area contributed by atoms with E-state index in [-0.39, 0.29) is 31.0 Å². The number of ketones is 1. The van der Waals surface area contributed by atoms with Gasteiger partial charge in [0.15, 0.2) is 0 Å². The number of Topliss-reactive ketones (excluding diaryl/α,β-unsaturated/α-hetero) is 1. The number of aromatic nitrogens is 2. The lowest BCUT2D eigenvalue weighted by atomic mass is 10.0. The highest BCUT2D eigenvalue weighted by Gasteiger charge is 2.28. The molecule has 0 spiro atoms. The molecule has 2 aromatic rings. The minimum absolute atomic E-state index is 0.0392. The number of carbonyl (C=O) groups is 3. The summed E-state index contributed by atoms with van der Waals surface area (Å²) in [4.78, 5) is 39.7. The van der Waals surface area contributed by atoms with Crippen molar-refractivity contribution < 1.29 is 28.8 Å². The Morgan fingerprint density at radius 1 is 1.21 bits per heavy atom. The van der Waals surface area contributed by atoms with Gasteiger partial charge in [0.1, 0.15) is 11.6 Å². The van der Waals surface area contributed by atoms with Crippen LogP contribution in [0.4, 0.5) is 4.79 Å². The molecule has 0 saturated carbocycles. The predicted molar refractivity (Wildman–Crippen MR) is 103 cm³/mol. The van der Waals surface area contributed by atoms with Crippen LogP contribution in [0.3, 0.4) is 0 Å². The maximum absolute atomic E-state index is 12.9. The second kappa shape index (κ2) is 9.81. The van der Waals surface area contributed by atoms with Crippen LogP contribution in [-0.4, -0.2) is 44.7 Å². The number of carboxylic acids is 1. The van der Waals surface area contributed by atoms with Crippen LogP contribution in [0, 0.1) is 0 Å². The third-order valence-corrected chi connectivity index (χ3v) is 3.76. The molecule has 0 aliphatic carbocycles. The quantitative estimate of drug-likeness (QED) is 0.611. The monoisotopic (exact) mass is 403 g/mol. The van der Waals surface area contributed by atoms with Gasteiger partial charge in [0, 0.05) is 19.3 Å². The molecule has 1 aromatic heterocycles. The molecular formula is C20H25N3O6. The molecule has 9 heteroatoms. The van der Waals surface area contributed by atoms with Gasteiger partial charge in [-0.15, -0.1) is 0 Å². The standard InChI is InChI=1S/C20H25N3O6/c1-20(2,3)28-19(27)21-14(12-13-8-5-4-6-9-13)17(26)18-22-15(29-23-18)10-7-11-16(24)25/h4-6,8-9,14H,7,10-12H2,1-3H3,(H,21,27)(H,24,25)/t14-/m0/s1. The molecule has 0 aliphatic heterocycles. The molecule has 2 N–H and O–H groups in total. The van der Waals surface area contributed by atoms with Crippen molar-refractivity contribution in [3.05, 3.63) is 47.6 Å². The van der Waals surface area contributed by atoms with Gasteiger partial charge < -0.3 is 19.7 Å². The molecule has 0 radical (unpaired) electrons. The van der Waals surface area contributed by atoms with Crippen molar-refractivity contribution in [2.75, 3.05) is 0 Å². The van der Waals surface area contributed by atoms with Crippen LogP contribution in [-0.2, 0) is 22.4 Å². The fraction of sp³-hybridized carbons (Fsp3) is 0.450. The van der Waals surface area contributed by atoms with Crippen LogP contribution in [0.2, 0.25) is 0 Å². The van der Waals surface area contributed by atoms with Crippen LogP contribution in [0.1, 0.15) is 55.7 Å². The average Bonchev–Trinajstić information content (AvgIpc) is 3.08. The van der Waals surface area contributed by atoms with Gasteiger partial charge in [-0.3, -0.25) is 9.59 Å². The number of nitrogens with one attached hydrogen (secondary N) is 1. The SMILES string of the molecule is CC(C)(C)OC(=O)N[C@@H](Cc1ccccc1)C(=O)c1noc(CCCC(=O)O)n1. The number of hydrogen-bond acceptors (Lipinski definition) is 7. The molecule has 9 nitrogen and oxygen atoms in total. The lowest BCUT2D eigenvalue weighted by Gasteiger charge is -2.22. The first kappa shape index (κ1) is 22.1. The number of hydrogen-bond donors (Lipinski definition) is 2. The van der Waals surface area contributed by atoms with E-state index in [0.29, 0.717) is 6.42 Å². The topological polar surface area (TPSA) is 132 Å². The molecule has 0 bridgehead atoms. The minimum Gasteiger partial charge on any atom is -0.481 e. The summed E-state index contributed by atoms with van der Waals surface area (Å²) >= 11 is 0. The summed E-state index contributed by atoms with van der Waals surface area (Å²) in [5.41, 5.74) is 0.125. The van der Waals surface area contributed by atoms with Gasteiger partial charge in [0.25, 0.3) is 0 Å². The van der Waals surface area contributed by atoms with Crippen LogP contribution in [0.5, 0.6) is 0 Å². The third-order valence-electron chi connectivity index (χ3n) is 3.76. The Balaban J connectivity index is 2.12. The Labute approximate surface area is 168 Å². The number of alkyl carbamates (subject to hydrolysis) is 1. The van der Waals surface area contributed by atoms with Crippen molar-refractivity contribution in [2.24, 2.45) is 0 Å². The number of aryl methyl sites for hydroxylation is 1. The molecular weight excluding hydrogens is 378 g/mol. The van der Waals surface area contributed by atoms with E-state index in [2.05, 4.69) is 15.5 Å². The molecule has 1 heterocycles. The number of benzene rings is 1. The Hall–Kier alpha value is -3.23. The smallest absolute Gasteiger partial charge is 0.408 e. The van der Waals surface area contributed by atoms with E-state index in [1.165, 1.54) is 0 Å². The summed E-state index contributed by atoms with van der Waals surface area (Å²) in [6.45, 7) is 5.18. The van der Waals surface area contributed by atoms with Crippen LogP contribution < -0.4 is 5.32 Å². The van der Waals surface area contributed by atoms with Gasteiger partial charge in [-0.1, -0.05) is 35.5 Å². The van der Waals surface area contributed by atoms with Crippen LogP contribution in [0.25, 0.3) is 0 Å². The lowest BCUT2D eigenvalue weighted by molar-refractivity contribution is -0.137. The zero-order valence-electron chi connectivity index (χ0n) is 16.7. The predicted octanol–water partition coefficient (Wildman–Crippen LogP) is 2.80. The first-order valence-corrected chi connectivity index (χ1v) is 9.26. The highest BCUT2D eigenvalue weighted by Crippen LogP contribution is 2.12. The highest BCUT2D eigenvalue weighted by molar-refractivity contribution is 5.98. The first-order chi connectivity index (χ1) is 13.6. The Morgan fingerprint density at radius 3 is 2.52 bits per heavy atom. The van der Waals surface area contributed by atoms with E-state index < -0.39 is 29.5 Å². The van der Waals surface area contributed by atoms with Crippen molar-refractivity contribution in [1.29, 1.82) is 0 Å². The summed E-state index contributed by atoms with van der Waals surface area (Å²) < 4.78 is 10.3. The average molecular weight is 403 g/mol. The number of nitrogens with zero attached hydrogens (tertiary/aromatic N) is 2. The molecule has 156 valence electrons. The first-order valence-electron chi connectivity index (χ1n) is 9.26. The van der Waals surface area contributed by atoms with Crippen LogP contribution in [0.15, 0.2) is 34.9 Å². The van der Waals surface area contributed by atoms with Crippen LogP contribution >= 0.6 is 0 Å². The number of aliphatic carboxylic acids is 1. The molecule has 0 fully saturated rings. The fourth-order valence-electron chi connectivity index (χ4n) is 2.51. The summed E-state index contributed by atoms with van der Waals surface area (Å²) in [5.74, 6) is -1.45. The van der Waals surface area contributed by atoms with Crippen molar-refractivity contribution in [1.82, 2.24) is 15.5 Å². The van der Waals surface area contributed by atoms with E-state index >= 15 is 0 Å². The van der Waals surface area contributed by atoms with Gasteiger partial charge in [0.2, 0.25) is 17.5 Å². The van der Waals surface area contributed by atoms with Crippen molar-refractivity contribution >= 4 is 17.8 Å². The Kier molecular flexibility index (Phi) is 7.46. The lowest BCUT2D eigenvalue weighted by Crippen LogP contribution is -2.45. The maximum Gasteiger partial charge on any atom is 0.408 e. The third kappa shape index (κ3) is 7.73. The Bertz CT molecular complexity index is 841. The maximum atomic E-state index is 12.9. The number of carboxylic acid groups (broad SMARTS) is 1. The number of amides is 1. The molecule has 0 unspecified atom stereocenters. The number of ether oxygens (including phenoxy) is 1. The number of rotatable bonds is 9. The molecule has 0 saturated heterocycles. The van der Waals surface area contributed by atoms with Crippen molar-refractivity contribution in [3.8, 4) is 0 Å². The molecule has 1 amide bonds. The summed E-state index contributed by atoms with van der Waals surface area (Å²) in [5, 5.41) is 15.0. The van der Waals surface area contributed by atoms with Crippen molar-refractivity contribution in [2.45, 2.75) is 58.1 Å². The molecule has 0 aliphatic rings. The zero-order chi connectivity index (χ0) is 21.4. The summed E-state index contributed by atoms with van der Waals surface area (Å²) in [6, 6.07) is 8.24. The molecule has 1 aromatic carbocycles. The molecule has 2 rings (SSSR count). The normalized spacial score (nSPS) is 12.2. The van der Waals surface area contributed by atoms with E-state index in [4.69, 9.17) is 14.4 Å². The molecule has 1 atom stereocenters. The Morgan fingerprint density at radius 2 is 1.90 bits per heavy atom. The van der Waals surface area contributed by atoms with Gasteiger partial charge >= 0.3 is 12.1 Å². The van der Waals surface area contributed by atoms with Crippen molar-refractivity contribution in [3.63, 3.8) is 0 Å². The van der Waals surface area contributed by atoms with Gasteiger partial charge in [-0.2, -0.15) is 4.98 Å². The second-order valence-electron chi connectivity index (χ2n) is 7.51. The van der Waals surface area contributed by atoms with Gasteiger partial charge in [-0.25, -0.2) is 4.79 Å². The van der Waals surface area contributed by atoms with Gasteiger partial charge in [-0.05, 0) is 32.8 Å². The fourth-order valence-corrected chi connectivity index (χ4v) is 2.51. The highest BCUT2D eigenvalue weighted by atomic mass is 16.6. The molecule has 29 heavy (non-hydrogen) atoms. The summed E-state index contributed by atoms with van der Waals surface area (Å²) in [6.07, 6.45) is 0.0195. The van der Waals surface area contributed by atoms with E-state index in [0.717, 1.165) is 5.56 Å². The second-order valence-corrected chi connectivity index (χ2v) is 7.51. The zero-order valence-corrected chi connectivity index (χ0v) is 16.7. The van der Waals surface area contributed by atoms with Gasteiger partial charge in [0.05, 0.1) is 0 Å². The van der Waals surface area contributed by atoms with E-state index in [9.17, 15) is 14.4 Å². The summed E-state index contributed by atoms with van der Waals surface area (Å²) in [7, 11) is 0.